The van der Waals surface area contributed by atoms with E-state index in [9.17, 15) is 19.2 Å². The number of urea groups is 1. The number of rotatable bonds is 3. The van der Waals surface area contributed by atoms with E-state index in [2.05, 4.69) is 10.6 Å². The minimum absolute atomic E-state index is 0.0481. The van der Waals surface area contributed by atoms with E-state index in [-0.39, 0.29) is 23.9 Å². The Labute approximate surface area is 180 Å². The number of aryl methyl sites for hydroxylation is 1. The first-order valence-corrected chi connectivity index (χ1v) is 10.8. The van der Waals surface area contributed by atoms with Crippen molar-refractivity contribution in [2.75, 3.05) is 5.32 Å². The molecule has 31 heavy (non-hydrogen) atoms. The summed E-state index contributed by atoms with van der Waals surface area (Å²) < 4.78 is 5.28. The predicted molar refractivity (Wildman–Crippen MR) is 115 cm³/mol. The van der Waals surface area contributed by atoms with Crippen LogP contribution in [0.3, 0.4) is 0 Å². The molecule has 4 amide bonds. The maximum absolute atomic E-state index is 13.5. The molecule has 9 heteroatoms. The topological polar surface area (TPSA) is 109 Å². The first kappa shape index (κ1) is 19.5. The molecule has 2 aliphatic rings. The average molecular weight is 437 g/mol. The van der Waals surface area contributed by atoms with Gasteiger partial charge in [0, 0.05) is 40.6 Å². The zero-order valence-electron chi connectivity index (χ0n) is 16.7. The van der Waals surface area contributed by atoms with Crippen molar-refractivity contribution in [2.45, 2.75) is 38.3 Å². The number of hydrogen-bond acceptors (Lipinski definition) is 6. The van der Waals surface area contributed by atoms with Gasteiger partial charge in [0.2, 0.25) is 5.91 Å². The van der Waals surface area contributed by atoms with E-state index in [1.165, 1.54) is 17.9 Å². The lowest BCUT2D eigenvalue weighted by molar-refractivity contribution is -0.132. The van der Waals surface area contributed by atoms with Gasteiger partial charge in [0.1, 0.15) is 11.1 Å². The van der Waals surface area contributed by atoms with Crippen molar-refractivity contribution in [3.63, 3.8) is 0 Å². The number of imide groups is 1. The highest BCUT2D eigenvalue weighted by Gasteiger charge is 2.54. The highest BCUT2D eigenvalue weighted by Crippen LogP contribution is 2.42. The molecule has 1 unspecified atom stereocenters. The number of carbonyl (C=O) groups is 3. The highest BCUT2D eigenvalue weighted by molar-refractivity contribution is 7.10. The fraction of sp³-hybridized carbons (Fsp3) is 0.273. The zero-order valence-corrected chi connectivity index (χ0v) is 17.5. The molecule has 1 fully saturated rings. The molecule has 0 radical (unpaired) electrons. The van der Waals surface area contributed by atoms with Gasteiger partial charge in [0.15, 0.2) is 0 Å². The van der Waals surface area contributed by atoms with Gasteiger partial charge in [0.25, 0.3) is 5.91 Å². The Morgan fingerprint density at radius 2 is 2.10 bits per heavy atom. The van der Waals surface area contributed by atoms with Crippen molar-refractivity contribution < 1.29 is 18.8 Å². The van der Waals surface area contributed by atoms with Crippen LogP contribution < -0.4 is 16.3 Å². The minimum atomic E-state index is -1.03. The van der Waals surface area contributed by atoms with Crippen LogP contribution in [0.4, 0.5) is 10.5 Å². The maximum atomic E-state index is 13.5. The Kier molecular flexibility index (Phi) is 4.44. The summed E-state index contributed by atoms with van der Waals surface area (Å²) in [5.41, 5.74) is 0.514. The number of nitrogens with zero attached hydrogens (tertiary/aromatic N) is 1. The Balaban J connectivity index is 1.52. The van der Waals surface area contributed by atoms with Crippen LogP contribution in [0.2, 0.25) is 0 Å². The molecule has 2 N–H and O–H groups in total. The Hall–Kier alpha value is -3.46. The van der Waals surface area contributed by atoms with Crippen molar-refractivity contribution >= 4 is 45.8 Å². The SMILES string of the molecule is CC(=O)Nc1ccc2c(CN3C(=O)NC4(CCCc5sccc54)C3=O)cc(=O)oc2c1. The van der Waals surface area contributed by atoms with Gasteiger partial charge in [-0.05, 0) is 48.4 Å². The summed E-state index contributed by atoms with van der Waals surface area (Å²) in [7, 11) is 0. The Morgan fingerprint density at radius 1 is 1.26 bits per heavy atom. The average Bonchev–Trinajstić information content (AvgIpc) is 3.28. The summed E-state index contributed by atoms with van der Waals surface area (Å²) in [5, 5.41) is 8.10. The largest absolute Gasteiger partial charge is 0.423 e. The van der Waals surface area contributed by atoms with Crippen molar-refractivity contribution in [3.8, 4) is 0 Å². The standard InChI is InChI=1S/C22H19N3O5S/c1-12(26)23-14-4-5-15-13(9-19(27)30-17(15)10-14)11-25-20(28)22(24-21(25)29)7-2-3-18-16(22)6-8-31-18/h4-6,8-10H,2-3,7,11H2,1H3,(H,23,26)(H,24,29). The van der Waals surface area contributed by atoms with Crippen molar-refractivity contribution in [3.05, 3.63) is 62.1 Å². The molecule has 1 aliphatic carbocycles. The normalized spacial score (nSPS) is 20.2. The molecule has 1 spiro atoms. The smallest absolute Gasteiger partial charge is 0.336 e. The van der Waals surface area contributed by atoms with E-state index in [1.807, 2.05) is 11.4 Å². The lowest BCUT2D eigenvalue weighted by atomic mass is 9.80. The predicted octanol–water partition coefficient (Wildman–Crippen LogP) is 3.10. The fourth-order valence-electron chi connectivity index (χ4n) is 4.50. The van der Waals surface area contributed by atoms with Crippen LogP contribution in [0, 0.1) is 0 Å². The minimum Gasteiger partial charge on any atom is -0.423 e. The van der Waals surface area contributed by atoms with E-state index in [0.29, 0.717) is 23.1 Å². The molecule has 1 aromatic carbocycles. The van der Waals surface area contributed by atoms with Crippen LogP contribution in [0.15, 0.2) is 44.9 Å². The summed E-state index contributed by atoms with van der Waals surface area (Å²) in [6.07, 6.45) is 2.27. The van der Waals surface area contributed by atoms with Crippen molar-refractivity contribution in [2.24, 2.45) is 0 Å². The molecule has 5 rings (SSSR count). The summed E-state index contributed by atoms with van der Waals surface area (Å²) in [6, 6.07) is 7.66. The molecule has 3 heterocycles. The first-order valence-electron chi connectivity index (χ1n) is 9.93. The molecule has 2 aromatic heterocycles. The number of anilines is 1. The zero-order chi connectivity index (χ0) is 21.8. The number of hydrogen-bond donors (Lipinski definition) is 2. The number of benzene rings is 1. The second kappa shape index (κ2) is 7.05. The molecule has 158 valence electrons. The number of thiophene rings is 1. The molecule has 3 aromatic rings. The van der Waals surface area contributed by atoms with Crippen LogP contribution in [-0.4, -0.2) is 22.7 Å². The van der Waals surface area contributed by atoms with Crippen LogP contribution in [-0.2, 0) is 28.1 Å². The molecule has 1 atom stereocenters. The number of carbonyl (C=O) groups excluding carboxylic acids is 3. The summed E-state index contributed by atoms with van der Waals surface area (Å²) in [4.78, 5) is 52.0. The number of nitrogens with one attached hydrogen (secondary N) is 2. The maximum Gasteiger partial charge on any atom is 0.336 e. The Bertz CT molecular complexity index is 1310. The Morgan fingerprint density at radius 3 is 2.90 bits per heavy atom. The third-order valence-electron chi connectivity index (χ3n) is 5.82. The lowest BCUT2D eigenvalue weighted by Gasteiger charge is -2.31. The van der Waals surface area contributed by atoms with E-state index >= 15 is 0 Å². The summed E-state index contributed by atoms with van der Waals surface area (Å²) in [5.74, 6) is -0.545. The van der Waals surface area contributed by atoms with Crippen molar-refractivity contribution in [1.29, 1.82) is 0 Å². The van der Waals surface area contributed by atoms with Crippen LogP contribution >= 0.6 is 11.3 Å². The van der Waals surface area contributed by atoms with Gasteiger partial charge in [-0.1, -0.05) is 0 Å². The quantitative estimate of drug-likeness (QED) is 0.483. The first-order chi connectivity index (χ1) is 14.9. The summed E-state index contributed by atoms with van der Waals surface area (Å²) in [6.45, 7) is 1.34. The van der Waals surface area contributed by atoms with Crippen LogP contribution in [0.5, 0.6) is 0 Å². The number of fused-ring (bicyclic) bond motifs is 3. The second-order valence-electron chi connectivity index (χ2n) is 7.82. The van der Waals surface area contributed by atoms with E-state index < -0.39 is 17.2 Å². The van der Waals surface area contributed by atoms with Crippen molar-refractivity contribution in [1.82, 2.24) is 10.2 Å². The van der Waals surface area contributed by atoms with Gasteiger partial charge in [-0.3, -0.25) is 14.5 Å². The van der Waals surface area contributed by atoms with E-state index in [1.54, 1.807) is 29.5 Å². The summed E-state index contributed by atoms with van der Waals surface area (Å²) >= 11 is 1.60. The van der Waals surface area contributed by atoms with Crippen LogP contribution in [0.25, 0.3) is 11.0 Å². The third kappa shape index (κ3) is 3.12. The van der Waals surface area contributed by atoms with E-state index in [4.69, 9.17) is 4.42 Å². The van der Waals surface area contributed by atoms with Crippen LogP contribution in [0.1, 0.15) is 35.8 Å². The molecule has 8 nitrogen and oxygen atoms in total. The van der Waals surface area contributed by atoms with Gasteiger partial charge >= 0.3 is 11.7 Å². The van der Waals surface area contributed by atoms with E-state index in [0.717, 1.165) is 23.3 Å². The van der Waals surface area contributed by atoms with Gasteiger partial charge in [-0.15, -0.1) is 11.3 Å². The molecule has 1 aliphatic heterocycles. The lowest BCUT2D eigenvalue weighted by Crippen LogP contribution is -2.46. The van der Waals surface area contributed by atoms with Gasteiger partial charge in [-0.2, -0.15) is 0 Å². The molecular weight excluding hydrogens is 418 g/mol. The molecule has 0 bridgehead atoms. The van der Waals surface area contributed by atoms with Gasteiger partial charge in [0.05, 0.1) is 6.54 Å². The molecule has 1 saturated heterocycles. The third-order valence-corrected chi connectivity index (χ3v) is 6.80. The monoisotopic (exact) mass is 437 g/mol. The molecular formula is C22H19N3O5S. The van der Waals surface area contributed by atoms with Gasteiger partial charge < -0.3 is 15.1 Å². The fourth-order valence-corrected chi connectivity index (χ4v) is 5.50. The molecule has 0 saturated carbocycles. The number of amides is 4. The second-order valence-corrected chi connectivity index (χ2v) is 8.82. The highest BCUT2D eigenvalue weighted by atomic mass is 32.1. The van der Waals surface area contributed by atoms with Gasteiger partial charge in [-0.25, -0.2) is 9.59 Å².